The number of anilines is 1. The molecule has 4 rings (SSSR count). The van der Waals surface area contributed by atoms with Crippen LogP contribution < -0.4 is 16.1 Å². The molecular weight excluding hydrogens is 626 g/mol. The van der Waals surface area contributed by atoms with Gasteiger partial charge in [0.25, 0.3) is 5.91 Å². The van der Waals surface area contributed by atoms with Crippen molar-refractivity contribution in [3.05, 3.63) is 120 Å². The number of benzene rings is 3. The van der Waals surface area contributed by atoms with Gasteiger partial charge in [0.1, 0.15) is 11.5 Å². The number of hydrogen-bond donors (Lipinski definition) is 3. The van der Waals surface area contributed by atoms with Crippen LogP contribution in [0.2, 0.25) is 0 Å². The van der Waals surface area contributed by atoms with Crippen LogP contribution in [0.25, 0.3) is 0 Å². The molecule has 0 aliphatic heterocycles. The maximum absolute atomic E-state index is 13.3. The van der Waals surface area contributed by atoms with Gasteiger partial charge in [0.15, 0.2) is 0 Å². The minimum absolute atomic E-state index is 0.0711. The molecule has 3 aromatic carbocycles. The molecule has 4 aromatic rings. The van der Waals surface area contributed by atoms with Crippen LogP contribution in [0.4, 0.5) is 5.69 Å². The molecule has 0 atom stereocenters. The number of ether oxygens (including phenoxy) is 1. The molecule has 0 bridgehead atoms. The third-order valence-corrected chi connectivity index (χ3v) is 8.40. The fourth-order valence-corrected chi connectivity index (χ4v) is 5.60. The van der Waals surface area contributed by atoms with E-state index in [1.165, 1.54) is 48.7 Å². The molecule has 0 radical (unpaired) electrons. The average molecular weight is 660 g/mol. The number of carbonyl (C=O) groups excluding carboxylic acids is 4. The molecule has 0 aliphatic rings. The largest absolute Gasteiger partial charge is 0.462 e. The van der Waals surface area contributed by atoms with Crippen LogP contribution in [0.5, 0.6) is 0 Å². The molecular formula is C33H33N5O8S. The molecule has 0 aliphatic carbocycles. The first-order valence-corrected chi connectivity index (χ1v) is 16.0. The van der Waals surface area contributed by atoms with Gasteiger partial charge in [0.05, 0.1) is 36.4 Å². The van der Waals surface area contributed by atoms with Gasteiger partial charge in [-0.1, -0.05) is 48.5 Å². The van der Waals surface area contributed by atoms with Gasteiger partial charge in [-0.15, -0.1) is 0 Å². The van der Waals surface area contributed by atoms with Gasteiger partial charge in [-0.25, -0.2) is 18.6 Å². The molecule has 0 spiro atoms. The molecule has 0 unspecified atom stereocenters. The highest BCUT2D eigenvalue weighted by molar-refractivity contribution is 7.89. The van der Waals surface area contributed by atoms with E-state index < -0.39 is 40.3 Å². The number of carbonyl (C=O) groups is 4. The number of hydrogen-bond acceptors (Lipinski definition) is 9. The Kier molecular flexibility index (Phi) is 12.1. The van der Waals surface area contributed by atoms with E-state index in [2.05, 4.69) is 21.2 Å². The molecule has 3 amide bonds. The first-order chi connectivity index (χ1) is 22.7. The van der Waals surface area contributed by atoms with Crippen LogP contribution in [0.3, 0.4) is 0 Å². The Labute approximate surface area is 271 Å². The second-order valence-corrected chi connectivity index (χ2v) is 11.9. The van der Waals surface area contributed by atoms with Gasteiger partial charge in [-0.05, 0) is 67.4 Å². The lowest BCUT2D eigenvalue weighted by Crippen LogP contribution is -2.40. The maximum Gasteiger partial charge on any atom is 0.338 e. The van der Waals surface area contributed by atoms with Gasteiger partial charge >= 0.3 is 17.8 Å². The quantitative estimate of drug-likeness (QED) is 0.0801. The molecule has 14 heteroatoms. The van der Waals surface area contributed by atoms with Gasteiger partial charge in [0.2, 0.25) is 10.0 Å². The Morgan fingerprint density at radius 1 is 0.872 bits per heavy atom. The Morgan fingerprint density at radius 3 is 2.23 bits per heavy atom. The van der Waals surface area contributed by atoms with E-state index >= 15 is 0 Å². The van der Waals surface area contributed by atoms with Crippen LogP contribution >= 0.6 is 0 Å². The van der Waals surface area contributed by atoms with E-state index in [4.69, 9.17) is 9.15 Å². The highest BCUT2D eigenvalue weighted by atomic mass is 32.2. The summed E-state index contributed by atoms with van der Waals surface area (Å²) in [5, 5.41) is 8.72. The Morgan fingerprint density at radius 2 is 1.55 bits per heavy atom. The molecule has 1 aromatic heterocycles. The monoisotopic (exact) mass is 659 g/mol. The Balaban J connectivity index is 1.27. The molecule has 0 fully saturated rings. The Hall–Kier alpha value is -5.60. The number of sulfonamides is 1. The average Bonchev–Trinajstić information content (AvgIpc) is 3.54. The lowest BCUT2D eigenvalue weighted by Gasteiger charge is -2.21. The van der Waals surface area contributed by atoms with Gasteiger partial charge in [-0.2, -0.15) is 9.41 Å². The van der Waals surface area contributed by atoms with Crippen LogP contribution in [-0.2, 0) is 42.1 Å². The minimum Gasteiger partial charge on any atom is -0.462 e. The number of amides is 3. The summed E-state index contributed by atoms with van der Waals surface area (Å²) in [6.45, 7) is 1.43. The molecule has 0 saturated heterocycles. The summed E-state index contributed by atoms with van der Waals surface area (Å²) in [5.41, 5.74) is 3.86. The number of furan rings is 1. The Bertz CT molecular complexity index is 1810. The van der Waals surface area contributed by atoms with Crippen molar-refractivity contribution >= 4 is 45.6 Å². The summed E-state index contributed by atoms with van der Waals surface area (Å²) in [7, 11) is -3.96. The van der Waals surface area contributed by atoms with Crippen LogP contribution in [0.15, 0.2) is 111 Å². The molecule has 3 N–H and O–H groups in total. The summed E-state index contributed by atoms with van der Waals surface area (Å²) < 4.78 is 38.2. The number of nitrogens with one attached hydrogen (secondary N) is 3. The van der Waals surface area contributed by atoms with Crippen molar-refractivity contribution < 1.29 is 36.7 Å². The van der Waals surface area contributed by atoms with E-state index in [1.54, 1.807) is 31.2 Å². The summed E-state index contributed by atoms with van der Waals surface area (Å²) in [5.74, 6) is -2.45. The number of rotatable bonds is 14. The van der Waals surface area contributed by atoms with E-state index in [9.17, 15) is 27.6 Å². The van der Waals surface area contributed by atoms with E-state index in [0.29, 0.717) is 23.4 Å². The minimum atomic E-state index is -3.96. The lowest BCUT2D eigenvalue weighted by atomic mass is 10.1. The summed E-state index contributed by atoms with van der Waals surface area (Å²) in [6, 6.07) is 26.2. The van der Waals surface area contributed by atoms with Crippen molar-refractivity contribution in [1.29, 1.82) is 0 Å². The molecule has 0 saturated carbocycles. The smallest absolute Gasteiger partial charge is 0.338 e. The predicted molar refractivity (Wildman–Crippen MR) is 173 cm³/mol. The van der Waals surface area contributed by atoms with Crippen molar-refractivity contribution in [2.75, 3.05) is 25.0 Å². The van der Waals surface area contributed by atoms with Crippen molar-refractivity contribution in [3.8, 4) is 0 Å². The van der Waals surface area contributed by atoms with E-state index in [-0.39, 0.29) is 30.4 Å². The van der Waals surface area contributed by atoms with Crippen LogP contribution in [0.1, 0.15) is 34.4 Å². The van der Waals surface area contributed by atoms with Crippen LogP contribution in [-0.4, -0.2) is 62.3 Å². The van der Waals surface area contributed by atoms with Gasteiger partial charge in [0, 0.05) is 12.2 Å². The second kappa shape index (κ2) is 16.6. The van der Waals surface area contributed by atoms with Crippen molar-refractivity contribution in [1.82, 2.24) is 15.0 Å². The zero-order valence-corrected chi connectivity index (χ0v) is 26.2. The van der Waals surface area contributed by atoms with E-state index in [1.807, 2.05) is 30.3 Å². The number of nitrogens with zero attached hydrogens (tertiary/aromatic N) is 2. The molecule has 47 heavy (non-hydrogen) atoms. The molecule has 13 nitrogen and oxygen atoms in total. The summed E-state index contributed by atoms with van der Waals surface area (Å²) in [4.78, 5) is 49.0. The zero-order chi connectivity index (χ0) is 33.6. The summed E-state index contributed by atoms with van der Waals surface area (Å²) in [6.07, 6.45) is 1.62. The first kappa shape index (κ1) is 34.3. The second-order valence-electron chi connectivity index (χ2n) is 9.92. The fourth-order valence-electron chi connectivity index (χ4n) is 4.19. The first-order valence-electron chi connectivity index (χ1n) is 14.5. The normalized spacial score (nSPS) is 11.3. The fraction of sp³-hybridized carbons (Fsp3) is 0.182. The van der Waals surface area contributed by atoms with Crippen LogP contribution in [0, 0.1) is 0 Å². The SMILES string of the molecule is CCOC(=O)c1ccc(NC(=O)C(=O)NCc2ccc(/C=N\NC(=O)CN(CCc3ccccc3)S(=O)(=O)c3ccccc3)o2)cc1. The van der Waals surface area contributed by atoms with Crippen molar-refractivity contribution in [2.45, 2.75) is 24.8 Å². The summed E-state index contributed by atoms with van der Waals surface area (Å²) >= 11 is 0. The maximum atomic E-state index is 13.3. The highest BCUT2D eigenvalue weighted by Crippen LogP contribution is 2.16. The topological polar surface area (TPSA) is 176 Å². The predicted octanol–water partition coefficient (Wildman–Crippen LogP) is 3.09. The number of esters is 1. The molecule has 1 heterocycles. The lowest BCUT2D eigenvalue weighted by molar-refractivity contribution is -0.136. The van der Waals surface area contributed by atoms with Gasteiger partial charge < -0.3 is 19.8 Å². The third-order valence-electron chi connectivity index (χ3n) is 6.54. The highest BCUT2D eigenvalue weighted by Gasteiger charge is 2.26. The zero-order valence-electron chi connectivity index (χ0n) is 25.4. The number of hydrazone groups is 1. The van der Waals surface area contributed by atoms with E-state index in [0.717, 1.165) is 9.87 Å². The standard InChI is InChI=1S/C33H33N5O8S/c1-2-45-33(42)25-13-15-26(16-14-25)36-32(41)31(40)34-21-27-17-18-28(46-27)22-35-37-30(39)23-38(20-19-24-9-5-3-6-10-24)47(43,44)29-11-7-4-8-12-29/h3-18,22H,2,19-21,23H2,1H3,(H,34,40)(H,36,41)(H,37,39)/b35-22-. The third kappa shape index (κ3) is 10.2. The van der Waals surface area contributed by atoms with Crippen molar-refractivity contribution in [2.24, 2.45) is 5.10 Å². The van der Waals surface area contributed by atoms with Crippen molar-refractivity contribution in [3.63, 3.8) is 0 Å². The molecule has 244 valence electrons. The van der Waals surface area contributed by atoms with Gasteiger partial charge in [-0.3, -0.25) is 14.4 Å².